The van der Waals surface area contributed by atoms with Crippen molar-refractivity contribution in [3.05, 3.63) is 59.5 Å². The fourth-order valence-electron chi connectivity index (χ4n) is 3.51. The molecule has 0 aliphatic carbocycles. The Hall–Kier alpha value is -3.98. The van der Waals surface area contributed by atoms with E-state index in [4.69, 9.17) is 9.15 Å². The number of carbonyl (C=O) groups excluding carboxylic acids is 3. The van der Waals surface area contributed by atoms with Crippen molar-refractivity contribution in [2.75, 3.05) is 17.3 Å². The Balaban J connectivity index is 1.30. The SMILES string of the molecule is COc1ccc2oc(-c3csc(NC(=O)c4ccc(N5C(=O)CCC5=O)cc4)n3)cc2c1. The van der Waals surface area contributed by atoms with E-state index in [-0.39, 0.29) is 30.6 Å². The maximum atomic E-state index is 12.6. The number of nitrogens with zero attached hydrogens (tertiary/aromatic N) is 2. The number of methoxy groups -OCH3 is 1. The van der Waals surface area contributed by atoms with E-state index in [2.05, 4.69) is 10.3 Å². The molecule has 0 unspecified atom stereocenters. The fraction of sp³-hybridized carbons (Fsp3) is 0.130. The van der Waals surface area contributed by atoms with Gasteiger partial charge in [-0.25, -0.2) is 4.98 Å². The molecule has 8 nitrogen and oxygen atoms in total. The van der Waals surface area contributed by atoms with Gasteiger partial charge >= 0.3 is 0 Å². The average Bonchev–Trinajstić information content (AvgIpc) is 3.52. The Kier molecular flexibility index (Phi) is 4.95. The molecule has 1 N–H and O–H groups in total. The molecular weight excluding hydrogens is 430 g/mol. The van der Waals surface area contributed by atoms with Gasteiger partial charge in [-0.1, -0.05) is 0 Å². The van der Waals surface area contributed by atoms with Crippen LogP contribution in [0.25, 0.3) is 22.4 Å². The van der Waals surface area contributed by atoms with Crippen LogP contribution in [0.15, 0.2) is 58.3 Å². The highest BCUT2D eigenvalue weighted by molar-refractivity contribution is 7.14. The van der Waals surface area contributed by atoms with E-state index in [1.54, 1.807) is 36.8 Å². The van der Waals surface area contributed by atoms with Crippen molar-refractivity contribution in [1.82, 2.24) is 4.98 Å². The first-order valence-electron chi connectivity index (χ1n) is 9.82. The van der Waals surface area contributed by atoms with Crippen molar-refractivity contribution >= 4 is 50.8 Å². The first-order valence-corrected chi connectivity index (χ1v) is 10.7. The number of anilines is 2. The van der Waals surface area contributed by atoms with Crippen molar-refractivity contribution in [2.45, 2.75) is 12.8 Å². The van der Waals surface area contributed by atoms with Gasteiger partial charge in [0, 0.05) is 29.2 Å². The number of imide groups is 1. The van der Waals surface area contributed by atoms with Crippen LogP contribution >= 0.6 is 11.3 Å². The number of nitrogens with one attached hydrogen (secondary N) is 1. The summed E-state index contributed by atoms with van der Waals surface area (Å²) in [6.07, 6.45) is 0.429. The molecular formula is C23H17N3O5S. The number of thiazole rings is 1. The molecule has 9 heteroatoms. The van der Waals surface area contributed by atoms with E-state index in [9.17, 15) is 14.4 Å². The third-order valence-corrected chi connectivity index (χ3v) is 5.90. The molecule has 0 atom stereocenters. The van der Waals surface area contributed by atoms with Crippen molar-refractivity contribution in [3.8, 4) is 17.2 Å². The lowest BCUT2D eigenvalue weighted by atomic mass is 10.2. The molecule has 3 heterocycles. The van der Waals surface area contributed by atoms with Gasteiger partial charge in [-0.3, -0.25) is 24.6 Å². The maximum Gasteiger partial charge on any atom is 0.257 e. The normalized spacial score (nSPS) is 13.7. The predicted molar refractivity (Wildman–Crippen MR) is 120 cm³/mol. The van der Waals surface area contributed by atoms with Crippen LogP contribution in [0.3, 0.4) is 0 Å². The van der Waals surface area contributed by atoms with Crippen LogP contribution in [0.2, 0.25) is 0 Å². The Labute approximate surface area is 186 Å². The number of furan rings is 1. The van der Waals surface area contributed by atoms with Crippen molar-refractivity contribution < 1.29 is 23.5 Å². The number of rotatable bonds is 5. The summed E-state index contributed by atoms with van der Waals surface area (Å²) in [7, 11) is 1.61. The number of amides is 3. The van der Waals surface area contributed by atoms with E-state index in [0.717, 1.165) is 21.6 Å². The summed E-state index contributed by atoms with van der Waals surface area (Å²) < 4.78 is 11.1. The lowest BCUT2D eigenvalue weighted by Crippen LogP contribution is -2.28. The van der Waals surface area contributed by atoms with Gasteiger partial charge in [0.1, 0.15) is 17.0 Å². The highest BCUT2D eigenvalue weighted by Crippen LogP contribution is 2.32. The summed E-state index contributed by atoms with van der Waals surface area (Å²) >= 11 is 1.28. The van der Waals surface area contributed by atoms with Crippen LogP contribution in [0.4, 0.5) is 10.8 Å². The molecule has 1 saturated heterocycles. The summed E-state index contributed by atoms with van der Waals surface area (Å²) in [6.45, 7) is 0. The van der Waals surface area contributed by atoms with Gasteiger partial charge in [-0.2, -0.15) is 0 Å². The van der Waals surface area contributed by atoms with Gasteiger partial charge < -0.3 is 9.15 Å². The molecule has 1 fully saturated rings. The minimum atomic E-state index is -0.342. The average molecular weight is 447 g/mol. The number of carbonyl (C=O) groups is 3. The van der Waals surface area contributed by atoms with Crippen LogP contribution in [0.5, 0.6) is 5.75 Å². The lowest BCUT2D eigenvalue weighted by molar-refractivity contribution is -0.121. The Morgan fingerprint density at radius 3 is 2.56 bits per heavy atom. The van der Waals surface area contributed by atoms with Gasteiger partial charge in [0.25, 0.3) is 5.91 Å². The van der Waals surface area contributed by atoms with Crippen molar-refractivity contribution in [2.24, 2.45) is 0 Å². The number of hydrogen-bond donors (Lipinski definition) is 1. The summed E-state index contributed by atoms with van der Waals surface area (Å²) in [4.78, 5) is 41.9. The van der Waals surface area contributed by atoms with Crippen LogP contribution < -0.4 is 15.0 Å². The van der Waals surface area contributed by atoms with E-state index in [0.29, 0.717) is 27.8 Å². The molecule has 0 saturated carbocycles. The third-order valence-electron chi connectivity index (χ3n) is 5.14. The first kappa shape index (κ1) is 20.0. The van der Waals surface area contributed by atoms with E-state index < -0.39 is 0 Å². The van der Waals surface area contributed by atoms with E-state index in [1.165, 1.54) is 11.3 Å². The molecule has 0 bridgehead atoms. The number of ether oxygens (including phenoxy) is 1. The van der Waals surface area contributed by atoms with Gasteiger partial charge in [-0.15, -0.1) is 11.3 Å². The van der Waals surface area contributed by atoms with Crippen molar-refractivity contribution in [3.63, 3.8) is 0 Å². The zero-order valence-corrected chi connectivity index (χ0v) is 17.8. The number of fused-ring (bicyclic) bond motifs is 1. The molecule has 32 heavy (non-hydrogen) atoms. The second-order valence-electron chi connectivity index (χ2n) is 7.18. The molecule has 1 aliphatic rings. The monoisotopic (exact) mass is 447 g/mol. The number of hydrogen-bond acceptors (Lipinski definition) is 7. The fourth-order valence-corrected chi connectivity index (χ4v) is 4.21. The van der Waals surface area contributed by atoms with Crippen LogP contribution in [-0.4, -0.2) is 29.8 Å². The summed E-state index contributed by atoms with van der Waals surface area (Å²) in [5.74, 6) is 0.527. The minimum Gasteiger partial charge on any atom is -0.497 e. The van der Waals surface area contributed by atoms with Gasteiger partial charge in [0.15, 0.2) is 10.9 Å². The molecule has 0 spiro atoms. The van der Waals surface area contributed by atoms with Gasteiger partial charge in [-0.05, 0) is 48.5 Å². The number of aromatic nitrogens is 1. The molecule has 5 rings (SSSR count). The highest BCUT2D eigenvalue weighted by atomic mass is 32.1. The zero-order chi connectivity index (χ0) is 22.2. The Bertz CT molecular complexity index is 1340. The van der Waals surface area contributed by atoms with Crippen LogP contribution in [0, 0.1) is 0 Å². The number of benzene rings is 2. The second-order valence-corrected chi connectivity index (χ2v) is 8.03. The standard InChI is InChI=1S/C23H17N3O5S/c1-30-16-6-7-18-14(10-16)11-19(31-18)17-12-32-23(24-17)25-22(29)13-2-4-15(5-3-13)26-20(27)8-9-21(26)28/h2-7,10-12H,8-9H2,1H3,(H,24,25,29). The smallest absolute Gasteiger partial charge is 0.257 e. The topological polar surface area (TPSA) is 102 Å². The quantitative estimate of drug-likeness (QED) is 0.453. The third kappa shape index (κ3) is 3.63. The van der Waals surface area contributed by atoms with E-state index in [1.807, 2.05) is 24.3 Å². The molecule has 2 aromatic heterocycles. The summed E-state index contributed by atoms with van der Waals surface area (Å²) in [5.41, 5.74) is 2.18. The predicted octanol–water partition coefficient (Wildman–Crippen LogP) is 4.47. The maximum absolute atomic E-state index is 12.6. The molecule has 3 amide bonds. The minimum absolute atomic E-state index is 0.215. The zero-order valence-electron chi connectivity index (χ0n) is 17.0. The Morgan fingerprint density at radius 1 is 1.09 bits per heavy atom. The molecule has 160 valence electrons. The molecule has 1 aliphatic heterocycles. The second kappa shape index (κ2) is 7.93. The highest BCUT2D eigenvalue weighted by Gasteiger charge is 2.30. The summed E-state index contributed by atoms with van der Waals surface area (Å²) in [6, 6.07) is 13.7. The molecule has 0 radical (unpaired) electrons. The van der Waals surface area contributed by atoms with E-state index >= 15 is 0 Å². The summed E-state index contributed by atoms with van der Waals surface area (Å²) in [5, 5.41) is 5.89. The lowest BCUT2D eigenvalue weighted by Gasteiger charge is -2.13. The molecule has 2 aromatic carbocycles. The Morgan fingerprint density at radius 2 is 1.84 bits per heavy atom. The largest absolute Gasteiger partial charge is 0.497 e. The molecule has 4 aromatic rings. The van der Waals surface area contributed by atoms with Gasteiger partial charge in [0.2, 0.25) is 11.8 Å². The first-order chi connectivity index (χ1) is 15.5. The van der Waals surface area contributed by atoms with Crippen molar-refractivity contribution in [1.29, 1.82) is 0 Å². The van der Waals surface area contributed by atoms with Crippen LogP contribution in [-0.2, 0) is 9.59 Å². The van der Waals surface area contributed by atoms with Gasteiger partial charge in [0.05, 0.1) is 12.8 Å². The van der Waals surface area contributed by atoms with Crippen LogP contribution in [0.1, 0.15) is 23.2 Å².